The minimum atomic E-state index is -1.51. The van der Waals surface area contributed by atoms with Crippen LogP contribution in [0.4, 0.5) is 0 Å². The van der Waals surface area contributed by atoms with Crippen molar-refractivity contribution in [1.82, 2.24) is 25.9 Å². The number of aromatic nitrogens is 2. The lowest BCUT2D eigenvalue weighted by molar-refractivity contribution is -0.143. The van der Waals surface area contributed by atoms with Crippen LogP contribution in [0, 0.1) is 0 Å². The topological polar surface area (TPSA) is 237 Å². The SMILES string of the molecule is CSCCC(N)C(=O)NC(CO)C(=O)NC(Cc1cnc[nH]1)C(=O)NC(CCC(=O)O)C(=O)O. The Morgan fingerprint density at radius 3 is 2.18 bits per heavy atom. The average Bonchev–Trinajstić information content (AvgIpc) is 3.30. The number of aromatic amines is 1. The normalized spacial score (nSPS) is 14.3. The second kappa shape index (κ2) is 14.9. The number of imidazole rings is 1. The van der Waals surface area contributed by atoms with E-state index in [-0.39, 0.29) is 12.8 Å². The van der Waals surface area contributed by atoms with Gasteiger partial charge in [-0.15, -0.1) is 0 Å². The van der Waals surface area contributed by atoms with Gasteiger partial charge in [0.25, 0.3) is 0 Å². The quantitative estimate of drug-likeness (QED) is 0.117. The average molecular weight is 503 g/mol. The summed E-state index contributed by atoms with van der Waals surface area (Å²) >= 11 is 1.49. The molecule has 14 nitrogen and oxygen atoms in total. The van der Waals surface area contributed by atoms with Crippen LogP contribution < -0.4 is 21.7 Å². The summed E-state index contributed by atoms with van der Waals surface area (Å²) in [5, 5.41) is 34.6. The van der Waals surface area contributed by atoms with Crippen LogP contribution in [0.15, 0.2) is 12.5 Å². The van der Waals surface area contributed by atoms with Gasteiger partial charge in [0.2, 0.25) is 17.7 Å². The van der Waals surface area contributed by atoms with Crippen LogP contribution in [-0.4, -0.2) is 97.7 Å². The standard InChI is InChI=1S/C19H30N6O8S/c1-34-5-4-11(20)16(29)25-14(8-26)18(31)24-13(6-10-7-21-9-22-10)17(30)23-12(19(32)33)2-3-15(27)28/h7,9,11-14,26H,2-6,8,20H2,1H3,(H,21,22)(H,23,30)(H,24,31)(H,25,29)(H,27,28)(H,32,33). The van der Waals surface area contributed by atoms with Gasteiger partial charge < -0.3 is 42.0 Å². The molecule has 3 amide bonds. The van der Waals surface area contributed by atoms with Crippen molar-refractivity contribution >= 4 is 41.4 Å². The molecule has 0 saturated carbocycles. The Hall–Kier alpha value is -3.17. The van der Waals surface area contributed by atoms with Crippen molar-refractivity contribution in [3.8, 4) is 0 Å². The number of thioether (sulfide) groups is 1. The van der Waals surface area contributed by atoms with Gasteiger partial charge in [-0.2, -0.15) is 11.8 Å². The van der Waals surface area contributed by atoms with Gasteiger partial charge in [0.1, 0.15) is 18.1 Å². The number of carboxylic acids is 2. The third-order valence-corrected chi connectivity index (χ3v) is 5.30. The summed E-state index contributed by atoms with van der Waals surface area (Å²) in [6.45, 7) is -0.776. The molecule has 4 unspecified atom stereocenters. The van der Waals surface area contributed by atoms with E-state index in [0.29, 0.717) is 17.9 Å². The van der Waals surface area contributed by atoms with E-state index in [4.69, 9.17) is 10.8 Å². The minimum Gasteiger partial charge on any atom is -0.481 e. The van der Waals surface area contributed by atoms with E-state index < -0.39 is 66.9 Å². The number of hydrogen-bond acceptors (Lipinski definition) is 9. The smallest absolute Gasteiger partial charge is 0.326 e. The van der Waals surface area contributed by atoms with E-state index in [2.05, 4.69) is 25.9 Å². The summed E-state index contributed by atoms with van der Waals surface area (Å²) in [6, 6.07) is -5.14. The number of rotatable bonds is 16. The van der Waals surface area contributed by atoms with Gasteiger partial charge in [-0.25, -0.2) is 9.78 Å². The first-order chi connectivity index (χ1) is 16.1. The number of aliphatic carboxylic acids is 2. The maximum absolute atomic E-state index is 12.8. The number of H-pyrrole nitrogens is 1. The highest BCUT2D eigenvalue weighted by molar-refractivity contribution is 7.98. The summed E-state index contributed by atoms with van der Waals surface area (Å²) in [7, 11) is 0. The molecule has 4 atom stereocenters. The lowest BCUT2D eigenvalue weighted by Crippen LogP contribution is -2.58. The number of nitrogens with two attached hydrogens (primary N) is 1. The highest BCUT2D eigenvalue weighted by atomic mass is 32.2. The van der Waals surface area contributed by atoms with Gasteiger partial charge in [0, 0.05) is 24.7 Å². The lowest BCUT2D eigenvalue weighted by atomic mass is 10.1. The molecule has 0 spiro atoms. The summed E-state index contributed by atoms with van der Waals surface area (Å²) in [5.74, 6) is -4.52. The molecule has 9 N–H and O–H groups in total. The zero-order valence-electron chi connectivity index (χ0n) is 18.5. The molecule has 0 aliphatic rings. The first kappa shape index (κ1) is 28.9. The number of aliphatic hydroxyl groups is 1. The Bertz CT molecular complexity index is 837. The minimum absolute atomic E-state index is 0.123. The Balaban J connectivity index is 2.92. The number of carboxylic acid groups (broad SMARTS) is 2. The fraction of sp³-hybridized carbons (Fsp3) is 0.579. The number of carbonyl (C=O) groups excluding carboxylic acids is 3. The second-order valence-electron chi connectivity index (χ2n) is 7.31. The third kappa shape index (κ3) is 10.2. The Kier molecular flexibility index (Phi) is 12.6. The molecule has 0 radical (unpaired) electrons. The third-order valence-electron chi connectivity index (χ3n) is 4.66. The molecule has 0 bridgehead atoms. The van der Waals surface area contributed by atoms with Crippen LogP contribution >= 0.6 is 11.8 Å². The van der Waals surface area contributed by atoms with Crippen LogP contribution in [0.1, 0.15) is 25.0 Å². The molecule has 1 rings (SSSR count). The van der Waals surface area contributed by atoms with Gasteiger partial charge in [-0.05, 0) is 24.9 Å². The summed E-state index contributed by atoms with van der Waals surface area (Å²) in [4.78, 5) is 66.4. The van der Waals surface area contributed by atoms with E-state index >= 15 is 0 Å². The summed E-state index contributed by atoms with van der Waals surface area (Å²) in [5.41, 5.74) is 6.20. The van der Waals surface area contributed by atoms with E-state index in [9.17, 15) is 34.2 Å². The zero-order chi connectivity index (χ0) is 25.7. The summed E-state index contributed by atoms with van der Waals surface area (Å²) < 4.78 is 0. The van der Waals surface area contributed by atoms with Crippen molar-refractivity contribution in [3.05, 3.63) is 18.2 Å². The van der Waals surface area contributed by atoms with Crippen LogP contribution in [-0.2, 0) is 30.4 Å². The fourth-order valence-corrected chi connectivity index (χ4v) is 3.23. The molecule has 0 aliphatic carbocycles. The van der Waals surface area contributed by atoms with Crippen LogP contribution in [0.2, 0.25) is 0 Å². The second-order valence-corrected chi connectivity index (χ2v) is 8.29. The molecule has 15 heteroatoms. The van der Waals surface area contributed by atoms with Gasteiger partial charge in [-0.1, -0.05) is 0 Å². The first-order valence-corrected chi connectivity index (χ1v) is 11.7. The molecule has 1 aromatic rings. The van der Waals surface area contributed by atoms with E-state index in [1.165, 1.54) is 24.3 Å². The molecule has 0 fully saturated rings. The number of amides is 3. The molecule has 1 heterocycles. The van der Waals surface area contributed by atoms with E-state index in [0.717, 1.165) is 0 Å². The van der Waals surface area contributed by atoms with E-state index in [1.807, 2.05) is 6.26 Å². The van der Waals surface area contributed by atoms with Crippen molar-refractivity contribution < 1.29 is 39.3 Å². The molecular weight excluding hydrogens is 472 g/mol. The van der Waals surface area contributed by atoms with Crippen molar-refractivity contribution in [2.75, 3.05) is 18.6 Å². The number of aliphatic hydroxyl groups excluding tert-OH is 1. The molecular formula is C19H30N6O8S. The molecule has 0 aliphatic heterocycles. The summed E-state index contributed by atoms with van der Waals surface area (Å²) in [6.07, 6.45) is 3.94. The van der Waals surface area contributed by atoms with Gasteiger partial charge >= 0.3 is 11.9 Å². The van der Waals surface area contributed by atoms with Gasteiger partial charge in [-0.3, -0.25) is 19.2 Å². The Morgan fingerprint density at radius 1 is 1.03 bits per heavy atom. The van der Waals surface area contributed by atoms with Crippen LogP contribution in [0.25, 0.3) is 0 Å². The molecule has 0 aromatic carbocycles. The first-order valence-electron chi connectivity index (χ1n) is 10.3. The number of hydrogen-bond donors (Lipinski definition) is 8. The molecule has 1 aromatic heterocycles. The fourth-order valence-electron chi connectivity index (χ4n) is 2.74. The number of nitrogens with zero attached hydrogens (tertiary/aromatic N) is 1. The maximum atomic E-state index is 12.8. The predicted molar refractivity (Wildman–Crippen MR) is 121 cm³/mol. The predicted octanol–water partition coefficient (Wildman–Crippen LogP) is -2.57. The van der Waals surface area contributed by atoms with Crippen molar-refractivity contribution in [2.24, 2.45) is 5.73 Å². The largest absolute Gasteiger partial charge is 0.481 e. The van der Waals surface area contributed by atoms with Gasteiger partial charge in [0.15, 0.2) is 0 Å². The molecule has 0 saturated heterocycles. The molecule has 34 heavy (non-hydrogen) atoms. The highest BCUT2D eigenvalue weighted by Gasteiger charge is 2.30. The molecule has 190 valence electrons. The van der Waals surface area contributed by atoms with E-state index in [1.54, 1.807) is 0 Å². The monoisotopic (exact) mass is 502 g/mol. The van der Waals surface area contributed by atoms with Crippen molar-refractivity contribution in [3.63, 3.8) is 0 Å². The zero-order valence-corrected chi connectivity index (χ0v) is 19.3. The van der Waals surface area contributed by atoms with Gasteiger partial charge in [0.05, 0.1) is 19.0 Å². The maximum Gasteiger partial charge on any atom is 0.326 e. The highest BCUT2D eigenvalue weighted by Crippen LogP contribution is 2.04. The van der Waals surface area contributed by atoms with Crippen molar-refractivity contribution in [2.45, 2.75) is 49.9 Å². The van der Waals surface area contributed by atoms with Crippen molar-refractivity contribution in [1.29, 1.82) is 0 Å². The lowest BCUT2D eigenvalue weighted by Gasteiger charge is -2.24. The number of nitrogens with one attached hydrogen (secondary N) is 4. The number of carbonyl (C=O) groups is 5. The Morgan fingerprint density at radius 2 is 1.65 bits per heavy atom. The van der Waals surface area contributed by atoms with Crippen LogP contribution in [0.5, 0.6) is 0 Å². The Labute approximate surface area is 199 Å². The van der Waals surface area contributed by atoms with Crippen LogP contribution in [0.3, 0.4) is 0 Å².